The smallest absolute Gasteiger partial charge is 0.233 e. The van der Waals surface area contributed by atoms with Crippen molar-refractivity contribution in [1.29, 1.82) is 0 Å². The molecule has 1 aromatic heterocycles. The summed E-state index contributed by atoms with van der Waals surface area (Å²) < 4.78 is 10.1. The summed E-state index contributed by atoms with van der Waals surface area (Å²) >= 11 is 0. The lowest BCUT2D eigenvalue weighted by Crippen LogP contribution is -2.03. The first-order chi connectivity index (χ1) is 4.33. The Kier molecular flexibility index (Phi) is 1.85. The molecular weight excluding hydrogens is 135 g/mol. The van der Waals surface area contributed by atoms with Gasteiger partial charge in [-0.05, 0) is 13.0 Å². The van der Waals surface area contributed by atoms with Crippen LogP contribution in [0.3, 0.4) is 0 Å². The maximum absolute atomic E-state index is 10.1. The lowest BCUT2D eigenvalue weighted by molar-refractivity contribution is 0.602. The van der Waals surface area contributed by atoms with E-state index in [2.05, 4.69) is 9.97 Å². The summed E-state index contributed by atoms with van der Waals surface area (Å²) in [6, 6.07) is 1.76. The van der Waals surface area contributed by atoms with Gasteiger partial charge in [-0.25, -0.2) is 9.97 Å². The number of rotatable bonds is 1. The van der Waals surface area contributed by atoms with E-state index in [-0.39, 0.29) is 8.46 Å². The fourth-order valence-electron chi connectivity index (χ4n) is 0.480. The van der Waals surface area contributed by atoms with Crippen LogP contribution in [0.15, 0.2) is 12.3 Å². The van der Waals surface area contributed by atoms with E-state index >= 15 is 0 Å². The first-order valence-corrected chi connectivity index (χ1v) is 3.27. The van der Waals surface area contributed by atoms with Crippen molar-refractivity contribution in [3.8, 4) is 0 Å². The molecule has 0 spiro atoms. The maximum atomic E-state index is 10.1. The van der Waals surface area contributed by atoms with E-state index in [1.165, 1.54) is 0 Å². The van der Waals surface area contributed by atoms with E-state index in [9.17, 15) is 4.57 Å². The first kappa shape index (κ1) is 6.30. The first-order valence-electron chi connectivity index (χ1n) is 2.46. The van der Waals surface area contributed by atoms with Crippen molar-refractivity contribution >= 4 is 14.0 Å². The van der Waals surface area contributed by atoms with Gasteiger partial charge in [0.1, 0.15) is 0 Å². The van der Waals surface area contributed by atoms with Crippen molar-refractivity contribution in [1.82, 2.24) is 9.97 Å². The summed E-state index contributed by atoms with van der Waals surface area (Å²) in [5, 5.41) is 0. The SMILES string of the molecule is Cc1ccnc(P=O)n1. The molecule has 0 aromatic carbocycles. The highest BCUT2D eigenvalue weighted by Gasteiger charge is 1.91. The summed E-state index contributed by atoms with van der Waals surface area (Å²) in [5.41, 5.74) is 1.18. The third-order valence-electron chi connectivity index (χ3n) is 0.864. The number of aromatic nitrogens is 2. The molecule has 46 valence electrons. The zero-order chi connectivity index (χ0) is 6.69. The van der Waals surface area contributed by atoms with Crippen molar-refractivity contribution in [2.75, 3.05) is 0 Å². The number of hydrogen-bond donors (Lipinski definition) is 0. The molecule has 4 heteroatoms. The zero-order valence-corrected chi connectivity index (χ0v) is 5.80. The Morgan fingerprint density at radius 2 is 2.44 bits per heavy atom. The summed E-state index contributed by atoms with van der Waals surface area (Å²) in [4.78, 5) is 7.58. The second-order valence-corrected chi connectivity index (χ2v) is 2.17. The topological polar surface area (TPSA) is 42.9 Å². The van der Waals surface area contributed by atoms with E-state index in [4.69, 9.17) is 0 Å². The van der Waals surface area contributed by atoms with E-state index in [1.54, 1.807) is 12.3 Å². The molecule has 3 nitrogen and oxygen atoms in total. The molecule has 1 aromatic rings. The molecule has 0 aliphatic rings. The van der Waals surface area contributed by atoms with E-state index in [0.717, 1.165) is 5.69 Å². The Hall–Kier alpha value is -0.820. The number of nitrogens with zero attached hydrogens (tertiary/aromatic N) is 2. The van der Waals surface area contributed by atoms with Gasteiger partial charge in [-0.3, -0.25) is 4.57 Å². The number of aryl methyl sites for hydroxylation is 1. The normalized spacial score (nSPS) is 9.89. The molecule has 0 aliphatic heterocycles. The van der Waals surface area contributed by atoms with Gasteiger partial charge in [0.2, 0.25) is 14.0 Å². The van der Waals surface area contributed by atoms with Crippen LogP contribution >= 0.6 is 8.46 Å². The van der Waals surface area contributed by atoms with E-state index in [1.807, 2.05) is 6.92 Å². The lowest BCUT2D eigenvalue weighted by Gasteiger charge is -1.87. The van der Waals surface area contributed by atoms with Crippen LogP contribution in [0.2, 0.25) is 0 Å². The Balaban J connectivity index is 3.07. The standard InChI is InChI=1S/C5H5N2OP/c1-4-2-3-6-5(7-4)9-8/h2-3H,1H3. The van der Waals surface area contributed by atoms with Crippen LogP contribution in [-0.4, -0.2) is 9.97 Å². The van der Waals surface area contributed by atoms with Crippen LogP contribution in [0.1, 0.15) is 5.69 Å². The minimum Gasteiger partial charge on any atom is -0.266 e. The molecule has 0 amide bonds. The van der Waals surface area contributed by atoms with Gasteiger partial charge in [-0.1, -0.05) is 0 Å². The second kappa shape index (κ2) is 2.65. The third kappa shape index (κ3) is 1.54. The highest BCUT2D eigenvalue weighted by Crippen LogP contribution is 1.89. The molecule has 0 saturated carbocycles. The van der Waals surface area contributed by atoms with Gasteiger partial charge in [0.25, 0.3) is 0 Å². The molecule has 0 aliphatic carbocycles. The Labute approximate surface area is 54.4 Å². The van der Waals surface area contributed by atoms with Crippen LogP contribution < -0.4 is 5.57 Å². The Morgan fingerprint density at radius 3 is 2.89 bits per heavy atom. The highest BCUT2D eigenvalue weighted by molar-refractivity contribution is 7.33. The van der Waals surface area contributed by atoms with Gasteiger partial charge < -0.3 is 0 Å². The van der Waals surface area contributed by atoms with Crippen LogP contribution in [0.5, 0.6) is 0 Å². The van der Waals surface area contributed by atoms with Crippen molar-refractivity contribution in [3.63, 3.8) is 0 Å². The van der Waals surface area contributed by atoms with Crippen LogP contribution in [-0.2, 0) is 4.57 Å². The van der Waals surface area contributed by atoms with Gasteiger partial charge >= 0.3 is 0 Å². The van der Waals surface area contributed by atoms with Crippen LogP contribution in [0.4, 0.5) is 0 Å². The zero-order valence-electron chi connectivity index (χ0n) is 4.90. The molecule has 0 N–H and O–H groups in total. The average molecular weight is 140 g/mol. The number of hydrogen-bond acceptors (Lipinski definition) is 3. The second-order valence-electron chi connectivity index (χ2n) is 1.59. The predicted molar refractivity (Wildman–Crippen MR) is 34.0 cm³/mol. The molecular formula is C5H5N2OP. The van der Waals surface area contributed by atoms with Gasteiger partial charge in [0.15, 0.2) is 0 Å². The Morgan fingerprint density at radius 1 is 1.67 bits per heavy atom. The van der Waals surface area contributed by atoms with Crippen molar-refractivity contribution in [2.45, 2.75) is 6.92 Å². The summed E-state index contributed by atoms with van der Waals surface area (Å²) in [6.45, 7) is 1.83. The molecule has 0 fully saturated rings. The highest BCUT2D eigenvalue weighted by atomic mass is 31.1. The van der Waals surface area contributed by atoms with Crippen molar-refractivity contribution in [2.24, 2.45) is 0 Å². The van der Waals surface area contributed by atoms with Gasteiger partial charge in [-0.2, -0.15) is 0 Å². The monoisotopic (exact) mass is 140 g/mol. The summed E-state index contributed by atoms with van der Waals surface area (Å²) in [6.07, 6.45) is 1.59. The van der Waals surface area contributed by atoms with Crippen LogP contribution in [0, 0.1) is 6.92 Å². The molecule has 1 rings (SSSR count). The predicted octanol–water partition coefficient (Wildman–Crippen LogP) is 0.702. The molecule has 0 radical (unpaired) electrons. The van der Waals surface area contributed by atoms with E-state index in [0.29, 0.717) is 5.57 Å². The molecule has 0 unspecified atom stereocenters. The molecule has 0 atom stereocenters. The van der Waals surface area contributed by atoms with Gasteiger partial charge in [0, 0.05) is 11.9 Å². The van der Waals surface area contributed by atoms with E-state index < -0.39 is 0 Å². The van der Waals surface area contributed by atoms with Gasteiger partial charge in [0.05, 0.1) is 0 Å². The molecule has 0 bridgehead atoms. The molecule has 1 heterocycles. The molecule has 0 saturated heterocycles. The fraction of sp³-hybridized carbons (Fsp3) is 0.200. The lowest BCUT2D eigenvalue weighted by atomic mass is 10.5. The van der Waals surface area contributed by atoms with Crippen molar-refractivity contribution in [3.05, 3.63) is 18.0 Å². The minimum atomic E-state index is -0.118. The Bertz CT molecular complexity index is 226. The van der Waals surface area contributed by atoms with Gasteiger partial charge in [-0.15, -0.1) is 0 Å². The summed E-state index contributed by atoms with van der Waals surface area (Å²) in [7, 11) is -0.118. The summed E-state index contributed by atoms with van der Waals surface area (Å²) in [5.74, 6) is 0. The third-order valence-corrected chi connectivity index (χ3v) is 1.24. The largest absolute Gasteiger partial charge is 0.266 e. The van der Waals surface area contributed by atoms with Crippen LogP contribution in [0.25, 0.3) is 0 Å². The minimum absolute atomic E-state index is 0.118. The quantitative estimate of drug-likeness (QED) is 0.539. The van der Waals surface area contributed by atoms with Crippen molar-refractivity contribution < 1.29 is 4.57 Å². The maximum Gasteiger partial charge on any atom is 0.233 e. The average Bonchev–Trinajstić information content (AvgIpc) is 1.88. The fourth-order valence-corrected chi connectivity index (χ4v) is 0.792. The molecule has 9 heavy (non-hydrogen) atoms.